The number of nitrogens with zero attached hydrogens (tertiary/aromatic N) is 5. The Morgan fingerprint density at radius 3 is 2.32 bits per heavy atom. The second-order valence-electron chi connectivity index (χ2n) is 4.86. The lowest BCUT2D eigenvalue weighted by molar-refractivity contribution is -0.133. The second kappa shape index (κ2) is 5.83. The molecular formula is C12H19N5O2. The average Bonchev–Trinajstić information content (AvgIpc) is 2.91. The van der Waals surface area contributed by atoms with Crippen molar-refractivity contribution in [1.82, 2.24) is 24.3 Å². The van der Waals surface area contributed by atoms with Crippen molar-refractivity contribution in [2.24, 2.45) is 0 Å². The fraction of sp³-hybridized carbons (Fsp3) is 0.583. The van der Waals surface area contributed by atoms with Crippen molar-refractivity contribution >= 4 is 11.9 Å². The number of carbonyl (C=O) groups excluding carboxylic acids is 2. The molecule has 7 nitrogen and oxygen atoms in total. The van der Waals surface area contributed by atoms with E-state index < -0.39 is 0 Å². The van der Waals surface area contributed by atoms with Gasteiger partial charge in [0.05, 0.1) is 6.54 Å². The van der Waals surface area contributed by atoms with Gasteiger partial charge in [-0.2, -0.15) is 0 Å². The van der Waals surface area contributed by atoms with Crippen molar-refractivity contribution in [3.05, 3.63) is 18.7 Å². The molecule has 0 atom stereocenters. The highest BCUT2D eigenvalue weighted by Gasteiger charge is 2.24. The Morgan fingerprint density at radius 2 is 1.79 bits per heavy atom. The van der Waals surface area contributed by atoms with Crippen molar-refractivity contribution in [3.8, 4) is 0 Å². The zero-order chi connectivity index (χ0) is 13.8. The van der Waals surface area contributed by atoms with Gasteiger partial charge in [-0.05, 0) is 14.1 Å². The minimum Gasteiger partial charge on any atom is -0.338 e. The van der Waals surface area contributed by atoms with E-state index in [1.807, 2.05) is 19.0 Å². The topological polar surface area (TPSA) is 61.7 Å². The maximum Gasteiger partial charge on any atom is 0.329 e. The highest BCUT2D eigenvalue weighted by Crippen LogP contribution is 2.05. The van der Waals surface area contributed by atoms with Gasteiger partial charge in [0, 0.05) is 38.6 Å². The van der Waals surface area contributed by atoms with Crippen molar-refractivity contribution in [3.63, 3.8) is 0 Å². The van der Waals surface area contributed by atoms with Crippen LogP contribution in [0.1, 0.15) is 0 Å². The Kier molecular flexibility index (Phi) is 4.16. The monoisotopic (exact) mass is 265 g/mol. The molecule has 0 saturated carbocycles. The molecule has 19 heavy (non-hydrogen) atoms. The Bertz CT molecular complexity index is 435. The summed E-state index contributed by atoms with van der Waals surface area (Å²) in [5, 5.41) is 0. The standard InChI is InChI=1S/C12H19N5O2/c1-14(2)9-11(18)15-5-7-16(8-6-15)12(19)17-4-3-13-10-17/h3-4,10H,5-9H2,1-2H3. The first-order valence-electron chi connectivity index (χ1n) is 6.27. The molecule has 0 aromatic carbocycles. The van der Waals surface area contributed by atoms with Gasteiger partial charge < -0.3 is 14.7 Å². The number of rotatable bonds is 2. The number of piperazine rings is 1. The molecule has 0 unspecified atom stereocenters. The molecule has 1 fully saturated rings. The molecule has 1 aliphatic heterocycles. The molecule has 104 valence electrons. The molecule has 1 aromatic heterocycles. The van der Waals surface area contributed by atoms with Crippen LogP contribution in [0.25, 0.3) is 0 Å². The number of imidazole rings is 1. The quantitative estimate of drug-likeness (QED) is 0.727. The van der Waals surface area contributed by atoms with Gasteiger partial charge >= 0.3 is 6.03 Å². The van der Waals surface area contributed by atoms with Gasteiger partial charge in [-0.25, -0.2) is 9.78 Å². The first-order valence-corrected chi connectivity index (χ1v) is 6.27. The Hall–Kier alpha value is -1.89. The third kappa shape index (κ3) is 3.31. The number of amides is 2. The fourth-order valence-corrected chi connectivity index (χ4v) is 2.05. The van der Waals surface area contributed by atoms with Crippen LogP contribution in [-0.2, 0) is 4.79 Å². The summed E-state index contributed by atoms with van der Waals surface area (Å²) in [5.41, 5.74) is 0. The predicted octanol–water partition coefficient (Wildman–Crippen LogP) is -0.443. The molecule has 1 aromatic rings. The fourth-order valence-electron chi connectivity index (χ4n) is 2.05. The highest BCUT2D eigenvalue weighted by molar-refractivity contribution is 5.79. The van der Waals surface area contributed by atoms with Gasteiger partial charge in [-0.1, -0.05) is 0 Å². The van der Waals surface area contributed by atoms with E-state index in [0.717, 1.165) is 0 Å². The molecule has 7 heteroatoms. The van der Waals surface area contributed by atoms with E-state index in [1.165, 1.54) is 10.9 Å². The van der Waals surface area contributed by atoms with Gasteiger partial charge in [-0.3, -0.25) is 9.36 Å². The number of likely N-dealkylation sites (N-methyl/N-ethyl adjacent to an activating group) is 1. The van der Waals surface area contributed by atoms with Crippen LogP contribution < -0.4 is 0 Å². The van der Waals surface area contributed by atoms with E-state index in [0.29, 0.717) is 32.7 Å². The van der Waals surface area contributed by atoms with Crippen molar-refractivity contribution in [2.75, 3.05) is 46.8 Å². The summed E-state index contributed by atoms with van der Waals surface area (Å²) >= 11 is 0. The lowest BCUT2D eigenvalue weighted by atomic mass is 10.3. The first-order chi connectivity index (χ1) is 9.08. The minimum atomic E-state index is -0.0859. The predicted molar refractivity (Wildman–Crippen MR) is 69.7 cm³/mol. The van der Waals surface area contributed by atoms with E-state index >= 15 is 0 Å². The zero-order valence-corrected chi connectivity index (χ0v) is 11.3. The first kappa shape index (κ1) is 13.5. The van der Waals surface area contributed by atoms with Gasteiger partial charge in [0.25, 0.3) is 0 Å². The zero-order valence-electron chi connectivity index (χ0n) is 11.3. The van der Waals surface area contributed by atoms with Crippen LogP contribution in [0.2, 0.25) is 0 Å². The molecule has 2 amide bonds. The van der Waals surface area contributed by atoms with Crippen LogP contribution in [-0.4, -0.2) is 83.0 Å². The summed E-state index contributed by atoms with van der Waals surface area (Å²) < 4.78 is 1.46. The second-order valence-corrected chi connectivity index (χ2v) is 4.86. The normalized spacial score (nSPS) is 15.9. The minimum absolute atomic E-state index is 0.0859. The summed E-state index contributed by atoms with van der Waals surface area (Å²) in [6.45, 7) is 2.72. The Morgan fingerprint density at radius 1 is 1.16 bits per heavy atom. The molecular weight excluding hydrogens is 246 g/mol. The van der Waals surface area contributed by atoms with Crippen LogP contribution in [0.4, 0.5) is 4.79 Å². The molecule has 0 bridgehead atoms. The molecule has 2 rings (SSSR count). The van der Waals surface area contributed by atoms with Crippen LogP contribution in [0, 0.1) is 0 Å². The molecule has 0 radical (unpaired) electrons. The molecule has 0 N–H and O–H groups in total. The van der Waals surface area contributed by atoms with Crippen LogP contribution in [0.5, 0.6) is 0 Å². The number of aromatic nitrogens is 2. The Balaban J connectivity index is 1.86. The molecule has 1 aliphatic rings. The SMILES string of the molecule is CN(C)CC(=O)N1CCN(C(=O)n2ccnc2)CC1. The Labute approximate surface area is 112 Å². The van der Waals surface area contributed by atoms with E-state index in [2.05, 4.69) is 4.98 Å². The smallest absolute Gasteiger partial charge is 0.329 e. The average molecular weight is 265 g/mol. The number of carbonyl (C=O) groups is 2. The van der Waals surface area contributed by atoms with Crippen molar-refractivity contribution in [2.45, 2.75) is 0 Å². The summed E-state index contributed by atoms with van der Waals surface area (Å²) in [6.07, 6.45) is 4.70. The van der Waals surface area contributed by atoms with Crippen LogP contribution >= 0.6 is 0 Å². The molecule has 2 heterocycles. The number of hydrogen-bond acceptors (Lipinski definition) is 4. The molecule has 0 spiro atoms. The lowest BCUT2D eigenvalue weighted by Gasteiger charge is -2.35. The maximum absolute atomic E-state index is 12.1. The van der Waals surface area contributed by atoms with E-state index in [4.69, 9.17) is 0 Å². The van der Waals surface area contributed by atoms with Gasteiger partial charge in [0.2, 0.25) is 5.91 Å². The summed E-state index contributed by atoms with van der Waals surface area (Å²) in [7, 11) is 3.74. The third-order valence-electron chi connectivity index (χ3n) is 3.08. The van der Waals surface area contributed by atoms with E-state index in [-0.39, 0.29) is 11.9 Å². The van der Waals surface area contributed by atoms with Crippen LogP contribution in [0.15, 0.2) is 18.7 Å². The van der Waals surface area contributed by atoms with Gasteiger partial charge in [0.1, 0.15) is 6.33 Å². The van der Waals surface area contributed by atoms with Gasteiger partial charge in [-0.15, -0.1) is 0 Å². The van der Waals surface area contributed by atoms with E-state index in [1.54, 1.807) is 22.2 Å². The van der Waals surface area contributed by atoms with Gasteiger partial charge in [0.15, 0.2) is 0 Å². The largest absolute Gasteiger partial charge is 0.338 e. The van der Waals surface area contributed by atoms with Crippen LogP contribution in [0.3, 0.4) is 0 Å². The summed E-state index contributed by atoms with van der Waals surface area (Å²) in [5.74, 6) is 0.111. The molecule has 0 aliphatic carbocycles. The van der Waals surface area contributed by atoms with Crippen molar-refractivity contribution in [1.29, 1.82) is 0 Å². The molecule has 1 saturated heterocycles. The summed E-state index contributed by atoms with van der Waals surface area (Å²) in [6, 6.07) is -0.0859. The highest BCUT2D eigenvalue weighted by atomic mass is 16.2. The number of hydrogen-bond donors (Lipinski definition) is 0. The third-order valence-corrected chi connectivity index (χ3v) is 3.08. The lowest BCUT2D eigenvalue weighted by Crippen LogP contribution is -2.52. The maximum atomic E-state index is 12.1. The summed E-state index contributed by atoms with van der Waals surface area (Å²) in [4.78, 5) is 33.2. The van der Waals surface area contributed by atoms with Crippen molar-refractivity contribution < 1.29 is 9.59 Å². The van der Waals surface area contributed by atoms with E-state index in [9.17, 15) is 9.59 Å².